The molecule has 160 valence electrons. The molecule has 1 aromatic rings. The predicted molar refractivity (Wildman–Crippen MR) is 119 cm³/mol. The van der Waals surface area contributed by atoms with Crippen molar-refractivity contribution < 1.29 is 4.79 Å². The summed E-state index contributed by atoms with van der Waals surface area (Å²) in [7, 11) is 0. The third kappa shape index (κ3) is 5.97. The van der Waals surface area contributed by atoms with Gasteiger partial charge in [0.2, 0.25) is 0 Å². The lowest BCUT2D eigenvalue weighted by Gasteiger charge is -2.37. The number of carbonyl (C=O) groups excluding carboxylic acids is 1. The fourth-order valence-electron chi connectivity index (χ4n) is 5.62. The van der Waals surface area contributed by atoms with Gasteiger partial charge in [0.15, 0.2) is 0 Å². The van der Waals surface area contributed by atoms with Crippen LogP contribution in [0.25, 0.3) is 0 Å². The fourth-order valence-corrected chi connectivity index (χ4v) is 5.62. The van der Waals surface area contributed by atoms with Crippen molar-refractivity contribution in [3.8, 4) is 0 Å². The standard InChI is InChI=1S/C25H39N3O/c29-25(28-18-13-24(14-19-28)23-6-2-1-3-7-23)26-15-12-21-8-10-22(11-9-21)20-27-16-4-5-17-27/h8-11,23-24H,1-7,12-20H2,(H,26,29). The van der Waals surface area contributed by atoms with E-state index in [0.717, 1.165) is 44.4 Å². The second-order valence-corrected chi connectivity index (χ2v) is 9.50. The van der Waals surface area contributed by atoms with Crippen LogP contribution in [-0.4, -0.2) is 48.6 Å². The number of nitrogens with one attached hydrogen (secondary N) is 1. The Morgan fingerprint density at radius 3 is 2.10 bits per heavy atom. The molecule has 29 heavy (non-hydrogen) atoms. The van der Waals surface area contributed by atoms with Crippen molar-refractivity contribution in [3.63, 3.8) is 0 Å². The van der Waals surface area contributed by atoms with Crippen LogP contribution in [0.15, 0.2) is 24.3 Å². The van der Waals surface area contributed by atoms with Gasteiger partial charge >= 0.3 is 6.03 Å². The van der Waals surface area contributed by atoms with E-state index >= 15 is 0 Å². The molecule has 4 heteroatoms. The number of piperidine rings is 1. The molecule has 1 saturated carbocycles. The van der Waals surface area contributed by atoms with Crippen molar-refractivity contribution in [1.29, 1.82) is 0 Å². The van der Waals surface area contributed by atoms with Crippen LogP contribution in [-0.2, 0) is 13.0 Å². The van der Waals surface area contributed by atoms with E-state index in [1.807, 2.05) is 4.90 Å². The first-order chi connectivity index (χ1) is 14.3. The van der Waals surface area contributed by atoms with E-state index in [4.69, 9.17) is 0 Å². The summed E-state index contributed by atoms with van der Waals surface area (Å²) in [6.45, 7) is 6.18. The predicted octanol–water partition coefficient (Wildman–Crippen LogP) is 4.83. The largest absolute Gasteiger partial charge is 0.338 e. The third-order valence-corrected chi connectivity index (χ3v) is 7.46. The monoisotopic (exact) mass is 397 g/mol. The van der Waals surface area contributed by atoms with E-state index in [-0.39, 0.29) is 6.03 Å². The smallest absolute Gasteiger partial charge is 0.317 e. The van der Waals surface area contributed by atoms with Crippen LogP contribution >= 0.6 is 0 Å². The number of urea groups is 1. The molecule has 2 aliphatic heterocycles. The van der Waals surface area contributed by atoms with Crippen molar-refractivity contribution in [1.82, 2.24) is 15.1 Å². The number of hydrogen-bond acceptors (Lipinski definition) is 2. The van der Waals surface area contributed by atoms with Crippen molar-refractivity contribution in [2.45, 2.75) is 70.8 Å². The highest BCUT2D eigenvalue weighted by atomic mass is 16.2. The molecule has 0 radical (unpaired) electrons. The number of amides is 2. The normalized spacial score (nSPS) is 22.1. The van der Waals surface area contributed by atoms with Crippen LogP contribution < -0.4 is 5.32 Å². The lowest BCUT2D eigenvalue weighted by molar-refractivity contribution is 0.134. The van der Waals surface area contributed by atoms with Gasteiger partial charge in [0.1, 0.15) is 0 Å². The molecule has 1 aromatic carbocycles. The first kappa shape index (κ1) is 20.7. The molecule has 2 heterocycles. The minimum Gasteiger partial charge on any atom is -0.338 e. The molecular weight excluding hydrogens is 358 g/mol. The molecule has 0 bridgehead atoms. The van der Waals surface area contributed by atoms with Gasteiger partial charge in [-0.1, -0.05) is 56.4 Å². The van der Waals surface area contributed by atoms with Crippen molar-refractivity contribution in [2.75, 3.05) is 32.7 Å². The molecule has 3 aliphatic rings. The average Bonchev–Trinajstić information content (AvgIpc) is 3.29. The lowest BCUT2D eigenvalue weighted by Crippen LogP contribution is -2.45. The van der Waals surface area contributed by atoms with Crippen LogP contribution in [0.1, 0.15) is 68.9 Å². The molecule has 2 saturated heterocycles. The van der Waals surface area contributed by atoms with Crippen molar-refractivity contribution in [2.24, 2.45) is 11.8 Å². The Morgan fingerprint density at radius 1 is 0.793 bits per heavy atom. The molecule has 0 unspecified atom stereocenters. The highest BCUT2D eigenvalue weighted by Crippen LogP contribution is 2.35. The zero-order chi connectivity index (χ0) is 19.9. The summed E-state index contributed by atoms with van der Waals surface area (Å²) in [5.41, 5.74) is 2.71. The molecule has 1 N–H and O–H groups in total. The Balaban J connectivity index is 1.14. The summed E-state index contributed by atoms with van der Waals surface area (Å²) in [6.07, 6.45) is 13.1. The Kier molecular flexibility index (Phi) is 7.48. The number of nitrogens with zero attached hydrogens (tertiary/aromatic N) is 2. The SMILES string of the molecule is O=C(NCCc1ccc(CN2CCCC2)cc1)N1CCC(C2CCCCC2)CC1. The number of carbonyl (C=O) groups is 1. The van der Waals surface area contributed by atoms with Gasteiger partial charge in [0.05, 0.1) is 0 Å². The number of benzene rings is 1. The summed E-state index contributed by atoms with van der Waals surface area (Å²) >= 11 is 0. The van der Waals surface area contributed by atoms with Gasteiger partial charge in [-0.3, -0.25) is 4.90 Å². The van der Waals surface area contributed by atoms with Crippen LogP contribution in [0.2, 0.25) is 0 Å². The van der Waals surface area contributed by atoms with E-state index < -0.39 is 0 Å². The molecule has 4 nitrogen and oxygen atoms in total. The average molecular weight is 398 g/mol. The molecule has 3 fully saturated rings. The van der Waals surface area contributed by atoms with Crippen LogP contribution in [0.5, 0.6) is 0 Å². The number of hydrogen-bond donors (Lipinski definition) is 1. The van der Waals surface area contributed by atoms with Crippen LogP contribution in [0.4, 0.5) is 4.79 Å². The van der Waals surface area contributed by atoms with E-state index in [9.17, 15) is 4.79 Å². The zero-order valence-electron chi connectivity index (χ0n) is 18.1. The van der Waals surface area contributed by atoms with Gasteiger partial charge in [-0.05, 0) is 68.2 Å². The van der Waals surface area contributed by atoms with Gasteiger partial charge in [0, 0.05) is 26.2 Å². The fraction of sp³-hybridized carbons (Fsp3) is 0.720. The first-order valence-electron chi connectivity index (χ1n) is 12.1. The topological polar surface area (TPSA) is 35.6 Å². The van der Waals surface area contributed by atoms with E-state index in [1.165, 1.54) is 82.0 Å². The Labute approximate surface area is 177 Å². The minimum absolute atomic E-state index is 0.137. The number of rotatable bonds is 6. The molecule has 0 aromatic heterocycles. The van der Waals surface area contributed by atoms with Crippen LogP contribution in [0, 0.1) is 11.8 Å². The van der Waals surface area contributed by atoms with Gasteiger partial charge in [0.25, 0.3) is 0 Å². The summed E-state index contributed by atoms with van der Waals surface area (Å²) in [5.74, 6) is 1.79. The quantitative estimate of drug-likeness (QED) is 0.746. The molecule has 0 spiro atoms. The van der Waals surface area contributed by atoms with Gasteiger partial charge in [-0.25, -0.2) is 4.79 Å². The maximum absolute atomic E-state index is 12.5. The van der Waals surface area contributed by atoms with Crippen molar-refractivity contribution in [3.05, 3.63) is 35.4 Å². The highest BCUT2D eigenvalue weighted by molar-refractivity contribution is 5.74. The summed E-state index contributed by atoms with van der Waals surface area (Å²) < 4.78 is 0. The zero-order valence-corrected chi connectivity index (χ0v) is 18.1. The highest BCUT2D eigenvalue weighted by Gasteiger charge is 2.29. The van der Waals surface area contributed by atoms with E-state index in [0.29, 0.717) is 0 Å². The Morgan fingerprint density at radius 2 is 1.41 bits per heavy atom. The molecular formula is C25H39N3O. The lowest BCUT2D eigenvalue weighted by atomic mass is 9.76. The minimum atomic E-state index is 0.137. The maximum Gasteiger partial charge on any atom is 0.317 e. The maximum atomic E-state index is 12.5. The van der Waals surface area contributed by atoms with E-state index in [1.54, 1.807) is 0 Å². The number of likely N-dealkylation sites (tertiary alicyclic amines) is 2. The first-order valence-corrected chi connectivity index (χ1v) is 12.1. The molecule has 2 amide bonds. The third-order valence-electron chi connectivity index (χ3n) is 7.46. The van der Waals surface area contributed by atoms with Gasteiger partial charge in [-0.15, -0.1) is 0 Å². The molecule has 4 rings (SSSR count). The molecule has 1 aliphatic carbocycles. The van der Waals surface area contributed by atoms with E-state index in [2.05, 4.69) is 34.5 Å². The van der Waals surface area contributed by atoms with Gasteiger partial charge in [-0.2, -0.15) is 0 Å². The summed E-state index contributed by atoms with van der Waals surface area (Å²) in [5, 5.41) is 3.15. The second-order valence-electron chi connectivity index (χ2n) is 9.50. The summed E-state index contributed by atoms with van der Waals surface area (Å²) in [4.78, 5) is 17.1. The Bertz CT molecular complexity index is 624. The summed E-state index contributed by atoms with van der Waals surface area (Å²) in [6, 6.07) is 9.11. The Hall–Kier alpha value is -1.55. The molecule has 0 atom stereocenters. The second kappa shape index (κ2) is 10.5. The van der Waals surface area contributed by atoms with Crippen LogP contribution in [0.3, 0.4) is 0 Å². The van der Waals surface area contributed by atoms with Gasteiger partial charge < -0.3 is 10.2 Å². The van der Waals surface area contributed by atoms with Crippen molar-refractivity contribution >= 4 is 6.03 Å².